The van der Waals surface area contributed by atoms with Crippen LogP contribution >= 0.6 is 7.60 Å². The van der Waals surface area contributed by atoms with Crippen LogP contribution in [0.5, 0.6) is 0 Å². The Balaban J connectivity index is 2.21. The third kappa shape index (κ3) is 13.5. The molecule has 1 aliphatic rings. The number of hydrogen-bond acceptors (Lipinski definition) is 9. The van der Waals surface area contributed by atoms with Gasteiger partial charge in [0.1, 0.15) is 12.3 Å². The van der Waals surface area contributed by atoms with E-state index in [9.17, 15) is 48.8 Å². The third-order valence-electron chi connectivity index (χ3n) is 6.78. The van der Waals surface area contributed by atoms with Gasteiger partial charge >= 0.3 is 25.5 Å². The highest BCUT2D eigenvalue weighted by atomic mass is 31.2. The second-order valence-corrected chi connectivity index (χ2v) is 11.7. The number of amides is 1. The number of rotatable bonds is 12. The molecule has 1 fully saturated rings. The first-order valence-corrected chi connectivity index (χ1v) is 15.0. The van der Waals surface area contributed by atoms with Crippen molar-refractivity contribution in [2.75, 3.05) is 78.3 Å². The van der Waals surface area contributed by atoms with Crippen molar-refractivity contribution < 1.29 is 48.8 Å². The van der Waals surface area contributed by atoms with E-state index in [1.165, 1.54) is 4.90 Å². The molecule has 16 heteroatoms. The third-order valence-corrected chi connectivity index (χ3v) is 7.55. The summed E-state index contributed by atoms with van der Waals surface area (Å²) in [4.78, 5) is 73.3. The number of benzene rings is 1. The van der Waals surface area contributed by atoms with Crippen LogP contribution in [0.3, 0.4) is 0 Å². The zero-order chi connectivity index (χ0) is 30.6. The van der Waals surface area contributed by atoms with E-state index in [1.54, 1.807) is 45.9 Å². The highest BCUT2D eigenvalue weighted by Gasteiger charge is 2.28. The number of carbonyl (C=O) groups is 4. The second-order valence-electron chi connectivity index (χ2n) is 10.1. The summed E-state index contributed by atoms with van der Waals surface area (Å²) in [6.07, 6.45) is -0.553. The molecule has 15 nitrogen and oxygen atoms in total. The summed E-state index contributed by atoms with van der Waals surface area (Å²) in [5.74, 6) is -4.50. The first-order chi connectivity index (χ1) is 19.2. The van der Waals surface area contributed by atoms with Gasteiger partial charge in [0.05, 0.1) is 19.0 Å². The summed E-state index contributed by atoms with van der Waals surface area (Å²) in [6, 6.07) is 7.63. The first-order valence-electron chi connectivity index (χ1n) is 13.2. The molecule has 0 radical (unpaired) electrons. The number of nitrogens with zero attached hydrogens (tertiary/aromatic N) is 4. The lowest BCUT2D eigenvalue weighted by molar-refractivity contribution is -0.142. The van der Waals surface area contributed by atoms with Gasteiger partial charge in [0.15, 0.2) is 0 Å². The molecule has 1 aromatic rings. The van der Waals surface area contributed by atoms with E-state index in [0.717, 1.165) is 5.56 Å². The van der Waals surface area contributed by atoms with E-state index < -0.39 is 49.7 Å². The van der Waals surface area contributed by atoms with Gasteiger partial charge in [-0.1, -0.05) is 30.3 Å². The lowest BCUT2D eigenvalue weighted by Gasteiger charge is -2.34. The van der Waals surface area contributed by atoms with Gasteiger partial charge in [-0.05, 0) is 12.5 Å². The number of hydrogen-bond donors (Lipinski definition) is 6. The van der Waals surface area contributed by atoms with Crippen LogP contribution in [0.2, 0.25) is 0 Å². The van der Waals surface area contributed by atoms with Gasteiger partial charge in [-0.15, -0.1) is 0 Å². The molecule has 1 saturated heterocycles. The molecule has 2 atom stereocenters. The predicted molar refractivity (Wildman–Crippen MR) is 147 cm³/mol. The van der Waals surface area contributed by atoms with Crippen molar-refractivity contribution in [3.8, 4) is 0 Å². The van der Waals surface area contributed by atoms with E-state index in [4.69, 9.17) is 0 Å². The molecule has 0 aliphatic carbocycles. The Morgan fingerprint density at radius 3 is 1.63 bits per heavy atom. The Bertz CT molecular complexity index is 1040. The van der Waals surface area contributed by atoms with E-state index in [0.29, 0.717) is 0 Å². The summed E-state index contributed by atoms with van der Waals surface area (Å²) in [6.45, 7) is 2.27. The highest BCUT2D eigenvalue weighted by Crippen LogP contribution is 2.34. The van der Waals surface area contributed by atoms with Crippen LogP contribution in [0.25, 0.3) is 0 Å². The summed E-state index contributed by atoms with van der Waals surface area (Å²) in [5.41, 5.74) is 0.724. The minimum Gasteiger partial charge on any atom is -0.480 e. The number of carboxylic acid groups (broad SMARTS) is 3. The average molecular weight is 602 g/mol. The smallest absolute Gasteiger partial charge is 0.339 e. The van der Waals surface area contributed by atoms with Crippen LogP contribution in [0.4, 0.5) is 0 Å². The standard InChI is InChI=1S/C25H40N5O10P/c1-19(20-5-3-2-4-6-20)24(35)26-21(25(36)37)15-27-7-9-28(16-22(31)32)11-13-30(18-41(38,39)40)14-12-29(10-8-27)17-23(33)34/h2-6,19,21H,7-18H2,1H3,(H,26,35)(H,31,32)(H,33,34)(H,36,37)(H2,38,39,40). The predicted octanol–water partition coefficient (Wildman–Crippen LogP) is -1.11. The molecule has 2 rings (SSSR count). The molecule has 0 bridgehead atoms. The normalized spacial score (nSPS) is 18.9. The topological polar surface area (TPSA) is 211 Å². The zero-order valence-corrected chi connectivity index (χ0v) is 23.9. The first kappa shape index (κ1) is 34.3. The van der Waals surface area contributed by atoms with Crippen molar-refractivity contribution in [1.82, 2.24) is 24.9 Å². The van der Waals surface area contributed by atoms with E-state index in [1.807, 2.05) is 6.07 Å². The van der Waals surface area contributed by atoms with Crippen LogP contribution in [-0.2, 0) is 23.7 Å². The van der Waals surface area contributed by atoms with Crippen LogP contribution in [0.15, 0.2) is 30.3 Å². The van der Waals surface area contributed by atoms with Gasteiger partial charge in [-0.3, -0.25) is 38.5 Å². The van der Waals surface area contributed by atoms with Gasteiger partial charge in [-0.2, -0.15) is 0 Å². The Morgan fingerprint density at radius 1 is 0.780 bits per heavy atom. The minimum absolute atomic E-state index is 0.102. The molecule has 0 aromatic heterocycles. The molecule has 1 aromatic carbocycles. The Kier molecular flexibility index (Phi) is 13.8. The fourth-order valence-corrected chi connectivity index (χ4v) is 5.30. The van der Waals surface area contributed by atoms with Crippen LogP contribution in [-0.4, -0.2) is 153 Å². The molecular formula is C25H40N5O10P. The van der Waals surface area contributed by atoms with Crippen molar-refractivity contribution in [1.29, 1.82) is 0 Å². The van der Waals surface area contributed by atoms with Crippen molar-refractivity contribution in [2.24, 2.45) is 0 Å². The van der Waals surface area contributed by atoms with Crippen molar-refractivity contribution >= 4 is 31.4 Å². The molecule has 1 aliphatic heterocycles. The lowest BCUT2D eigenvalue weighted by atomic mass is 10.00. The number of nitrogens with one attached hydrogen (secondary N) is 1. The van der Waals surface area contributed by atoms with Gasteiger partial charge in [0, 0.05) is 58.9 Å². The molecule has 6 N–H and O–H groups in total. The van der Waals surface area contributed by atoms with Crippen molar-refractivity contribution in [3.05, 3.63) is 35.9 Å². The fraction of sp³-hybridized carbons (Fsp3) is 0.600. The second kappa shape index (κ2) is 16.5. The SMILES string of the molecule is CC(C(=O)NC(CN1CCN(CC(=O)O)CCN(CP(=O)(O)O)CCN(CC(=O)O)CC1)C(=O)O)c1ccccc1. The number of carboxylic acids is 3. The van der Waals surface area contributed by atoms with Gasteiger partial charge in [-0.25, -0.2) is 4.79 Å². The monoisotopic (exact) mass is 601 g/mol. The summed E-state index contributed by atoms with van der Waals surface area (Å²) in [7, 11) is -4.42. The van der Waals surface area contributed by atoms with Gasteiger partial charge in [0.25, 0.3) is 0 Å². The zero-order valence-electron chi connectivity index (χ0n) is 23.0. The Labute approximate surface area is 238 Å². The molecule has 41 heavy (non-hydrogen) atoms. The molecule has 230 valence electrons. The largest absolute Gasteiger partial charge is 0.480 e. The van der Waals surface area contributed by atoms with Crippen LogP contribution < -0.4 is 5.32 Å². The Morgan fingerprint density at radius 2 is 1.22 bits per heavy atom. The highest BCUT2D eigenvalue weighted by molar-refractivity contribution is 7.51. The minimum atomic E-state index is -4.42. The molecule has 2 unspecified atom stereocenters. The van der Waals surface area contributed by atoms with Crippen LogP contribution in [0.1, 0.15) is 18.4 Å². The van der Waals surface area contributed by atoms with Crippen molar-refractivity contribution in [3.63, 3.8) is 0 Å². The summed E-state index contributed by atoms with van der Waals surface area (Å²) in [5, 5.41) is 31.2. The maximum absolute atomic E-state index is 12.9. The molecule has 0 spiro atoms. The molecular weight excluding hydrogens is 561 g/mol. The van der Waals surface area contributed by atoms with E-state index in [-0.39, 0.29) is 72.0 Å². The maximum atomic E-state index is 12.9. The number of aliphatic carboxylic acids is 3. The van der Waals surface area contributed by atoms with Crippen molar-refractivity contribution in [2.45, 2.75) is 18.9 Å². The summed E-state index contributed by atoms with van der Waals surface area (Å²) >= 11 is 0. The van der Waals surface area contributed by atoms with E-state index in [2.05, 4.69) is 5.32 Å². The molecule has 0 saturated carbocycles. The Hall–Kier alpha value is -2.91. The average Bonchev–Trinajstić information content (AvgIpc) is 2.88. The van der Waals surface area contributed by atoms with Gasteiger partial charge in [0.2, 0.25) is 5.91 Å². The molecule has 1 heterocycles. The van der Waals surface area contributed by atoms with Crippen LogP contribution in [0, 0.1) is 0 Å². The summed E-state index contributed by atoms with van der Waals surface area (Å²) < 4.78 is 11.6. The van der Waals surface area contributed by atoms with Gasteiger partial charge < -0.3 is 30.4 Å². The van der Waals surface area contributed by atoms with E-state index >= 15 is 0 Å². The lowest BCUT2D eigenvalue weighted by Crippen LogP contribution is -2.53. The fourth-order valence-electron chi connectivity index (χ4n) is 4.50. The number of carbonyl (C=O) groups excluding carboxylic acids is 1. The molecule has 1 amide bonds. The quantitative estimate of drug-likeness (QED) is 0.157. The maximum Gasteiger partial charge on any atom is 0.339 e.